The topological polar surface area (TPSA) is 57.7 Å². The summed E-state index contributed by atoms with van der Waals surface area (Å²) in [5.74, 6) is -0.411. The van der Waals surface area contributed by atoms with Gasteiger partial charge >= 0.3 is 0 Å². The van der Waals surface area contributed by atoms with E-state index in [1.165, 1.54) is 34.6 Å². The third kappa shape index (κ3) is 4.66. The SMILES string of the molecule is O=C(CCc1ccccc1F)N1CCN(S(=O)(=O)c2ccc(Cl)cc2)CC1. The number of hydrogen-bond acceptors (Lipinski definition) is 3. The number of halogens is 2. The van der Waals surface area contributed by atoms with Crippen LogP contribution in [-0.4, -0.2) is 49.7 Å². The normalized spacial score (nSPS) is 15.7. The lowest BCUT2D eigenvalue weighted by Gasteiger charge is -2.34. The third-order valence-corrected chi connectivity index (χ3v) is 6.77. The van der Waals surface area contributed by atoms with Gasteiger partial charge in [0.2, 0.25) is 15.9 Å². The molecule has 0 bridgehead atoms. The van der Waals surface area contributed by atoms with Crippen molar-refractivity contribution >= 4 is 27.5 Å². The van der Waals surface area contributed by atoms with E-state index in [1.807, 2.05) is 0 Å². The molecular weight excluding hydrogens is 391 g/mol. The van der Waals surface area contributed by atoms with E-state index in [-0.39, 0.29) is 36.1 Å². The first-order valence-corrected chi connectivity index (χ1v) is 10.5. The van der Waals surface area contributed by atoms with E-state index in [9.17, 15) is 17.6 Å². The first-order chi connectivity index (χ1) is 12.9. The lowest BCUT2D eigenvalue weighted by Crippen LogP contribution is -2.50. The summed E-state index contributed by atoms with van der Waals surface area (Å²) in [6.07, 6.45) is 0.527. The second-order valence-electron chi connectivity index (χ2n) is 6.33. The molecule has 0 saturated carbocycles. The van der Waals surface area contributed by atoms with E-state index >= 15 is 0 Å². The van der Waals surface area contributed by atoms with Crippen LogP contribution in [0.2, 0.25) is 5.02 Å². The fraction of sp³-hybridized carbons (Fsp3) is 0.316. The Hall–Kier alpha value is -1.96. The molecule has 0 spiro atoms. The van der Waals surface area contributed by atoms with Crippen molar-refractivity contribution in [3.05, 3.63) is 64.9 Å². The highest BCUT2D eigenvalue weighted by molar-refractivity contribution is 7.89. The van der Waals surface area contributed by atoms with Gasteiger partial charge in [-0.05, 0) is 42.3 Å². The summed E-state index contributed by atoms with van der Waals surface area (Å²) in [5, 5.41) is 0.471. The molecule has 3 rings (SSSR count). The molecule has 0 radical (unpaired) electrons. The predicted molar refractivity (Wildman–Crippen MR) is 102 cm³/mol. The molecule has 2 aromatic rings. The Kier molecular flexibility index (Phi) is 6.14. The quantitative estimate of drug-likeness (QED) is 0.761. The molecule has 0 unspecified atom stereocenters. The van der Waals surface area contributed by atoms with Gasteiger partial charge in [0.15, 0.2) is 0 Å². The Labute approximate surface area is 163 Å². The van der Waals surface area contributed by atoms with Gasteiger partial charge in [0.1, 0.15) is 5.82 Å². The molecule has 2 aromatic carbocycles. The minimum absolute atomic E-state index is 0.0956. The molecule has 144 valence electrons. The third-order valence-electron chi connectivity index (χ3n) is 4.61. The number of benzene rings is 2. The molecule has 1 heterocycles. The maximum Gasteiger partial charge on any atom is 0.243 e. The van der Waals surface area contributed by atoms with E-state index in [1.54, 1.807) is 23.1 Å². The smallest absolute Gasteiger partial charge is 0.243 e. The molecule has 8 heteroatoms. The van der Waals surface area contributed by atoms with Gasteiger partial charge in [0.25, 0.3) is 0 Å². The van der Waals surface area contributed by atoms with Gasteiger partial charge in [-0.3, -0.25) is 4.79 Å². The molecule has 1 aliphatic heterocycles. The van der Waals surface area contributed by atoms with Crippen LogP contribution in [0.25, 0.3) is 0 Å². The standard InChI is InChI=1S/C19H20ClFN2O3S/c20-16-6-8-17(9-7-16)27(25,26)23-13-11-22(12-14-23)19(24)10-5-15-3-1-2-4-18(15)21/h1-4,6-9H,5,10-14H2. The maximum absolute atomic E-state index is 13.6. The summed E-state index contributed by atoms with van der Waals surface area (Å²) in [6.45, 7) is 1.11. The molecule has 0 aliphatic carbocycles. The minimum atomic E-state index is -3.60. The predicted octanol–water partition coefficient (Wildman–Crippen LogP) is 2.94. The number of amides is 1. The zero-order chi connectivity index (χ0) is 19.4. The van der Waals surface area contributed by atoms with Crippen LogP contribution in [0.3, 0.4) is 0 Å². The zero-order valence-electron chi connectivity index (χ0n) is 14.6. The van der Waals surface area contributed by atoms with Crippen LogP contribution in [0.15, 0.2) is 53.4 Å². The van der Waals surface area contributed by atoms with Crippen LogP contribution >= 0.6 is 11.6 Å². The molecule has 27 heavy (non-hydrogen) atoms. The second-order valence-corrected chi connectivity index (χ2v) is 8.70. The molecule has 1 saturated heterocycles. The molecule has 1 amide bonds. The lowest BCUT2D eigenvalue weighted by atomic mass is 10.1. The molecular formula is C19H20ClFN2O3S. The highest BCUT2D eigenvalue weighted by atomic mass is 35.5. The number of hydrogen-bond donors (Lipinski definition) is 0. The number of piperazine rings is 1. The lowest BCUT2D eigenvalue weighted by molar-refractivity contribution is -0.132. The van der Waals surface area contributed by atoms with Crippen molar-refractivity contribution in [1.82, 2.24) is 9.21 Å². The molecule has 0 aromatic heterocycles. The average molecular weight is 411 g/mol. The number of rotatable bonds is 5. The number of sulfonamides is 1. The van der Waals surface area contributed by atoms with Crippen molar-refractivity contribution in [2.45, 2.75) is 17.7 Å². The van der Waals surface area contributed by atoms with E-state index in [4.69, 9.17) is 11.6 Å². The summed E-state index contributed by atoms with van der Waals surface area (Å²) in [6, 6.07) is 12.4. The number of nitrogens with zero attached hydrogens (tertiary/aromatic N) is 2. The van der Waals surface area contributed by atoms with Gasteiger partial charge in [-0.1, -0.05) is 29.8 Å². The Morgan fingerprint density at radius 3 is 2.26 bits per heavy atom. The van der Waals surface area contributed by atoms with Crippen LogP contribution < -0.4 is 0 Å². The van der Waals surface area contributed by atoms with Gasteiger partial charge in [0, 0.05) is 37.6 Å². The van der Waals surface area contributed by atoms with Crippen LogP contribution in [0.1, 0.15) is 12.0 Å². The van der Waals surface area contributed by atoms with Gasteiger partial charge in [-0.15, -0.1) is 0 Å². The second kappa shape index (κ2) is 8.37. The fourth-order valence-corrected chi connectivity index (χ4v) is 4.58. The summed E-state index contributed by atoms with van der Waals surface area (Å²) in [4.78, 5) is 14.2. The molecule has 1 aliphatic rings. The fourth-order valence-electron chi connectivity index (χ4n) is 3.03. The van der Waals surface area contributed by atoms with Crippen LogP contribution in [0.4, 0.5) is 4.39 Å². The van der Waals surface area contributed by atoms with E-state index in [0.717, 1.165) is 0 Å². The Bertz CT molecular complexity index is 911. The van der Waals surface area contributed by atoms with Crippen molar-refractivity contribution in [2.24, 2.45) is 0 Å². The van der Waals surface area contributed by atoms with Crippen molar-refractivity contribution in [2.75, 3.05) is 26.2 Å². The van der Waals surface area contributed by atoms with Crippen LogP contribution in [-0.2, 0) is 21.2 Å². The Balaban J connectivity index is 1.56. The van der Waals surface area contributed by atoms with Gasteiger partial charge in [0.05, 0.1) is 4.90 Å². The van der Waals surface area contributed by atoms with Gasteiger partial charge in [-0.2, -0.15) is 4.31 Å². The van der Waals surface area contributed by atoms with Crippen LogP contribution in [0.5, 0.6) is 0 Å². The monoisotopic (exact) mass is 410 g/mol. The van der Waals surface area contributed by atoms with Crippen molar-refractivity contribution < 1.29 is 17.6 Å². The Morgan fingerprint density at radius 2 is 1.63 bits per heavy atom. The number of carbonyl (C=O) groups excluding carboxylic acids is 1. The maximum atomic E-state index is 13.6. The van der Waals surface area contributed by atoms with Crippen molar-refractivity contribution in [3.63, 3.8) is 0 Å². The summed E-state index contributed by atoms with van der Waals surface area (Å²) < 4.78 is 40.3. The van der Waals surface area contributed by atoms with E-state index < -0.39 is 10.0 Å². The Morgan fingerprint density at radius 1 is 1.00 bits per heavy atom. The molecule has 0 N–H and O–H groups in total. The largest absolute Gasteiger partial charge is 0.340 e. The average Bonchev–Trinajstić information content (AvgIpc) is 2.67. The van der Waals surface area contributed by atoms with Crippen molar-refractivity contribution in [3.8, 4) is 0 Å². The highest BCUT2D eigenvalue weighted by Crippen LogP contribution is 2.20. The first-order valence-electron chi connectivity index (χ1n) is 8.65. The first kappa shape index (κ1) is 19.8. The van der Waals surface area contributed by atoms with Gasteiger partial charge < -0.3 is 4.90 Å². The number of aryl methyl sites for hydroxylation is 1. The summed E-state index contributed by atoms with van der Waals surface area (Å²) in [5.41, 5.74) is 0.509. The molecule has 1 fully saturated rings. The van der Waals surface area contributed by atoms with Gasteiger partial charge in [-0.25, -0.2) is 12.8 Å². The summed E-state index contributed by atoms with van der Waals surface area (Å²) >= 11 is 5.81. The molecule has 5 nitrogen and oxygen atoms in total. The zero-order valence-corrected chi connectivity index (χ0v) is 16.2. The number of carbonyl (C=O) groups is 1. The van der Waals surface area contributed by atoms with E-state index in [0.29, 0.717) is 30.1 Å². The highest BCUT2D eigenvalue weighted by Gasteiger charge is 2.29. The minimum Gasteiger partial charge on any atom is -0.340 e. The summed E-state index contributed by atoms with van der Waals surface area (Å²) in [7, 11) is -3.60. The van der Waals surface area contributed by atoms with Crippen molar-refractivity contribution in [1.29, 1.82) is 0 Å². The molecule has 0 atom stereocenters. The van der Waals surface area contributed by atoms with Crippen LogP contribution in [0, 0.1) is 5.82 Å². The van der Waals surface area contributed by atoms with E-state index in [2.05, 4.69) is 0 Å².